The minimum Gasteiger partial charge on any atom is -0.493 e. The second-order valence-electron chi connectivity index (χ2n) is 7.59. The number of hydrogen-bond acceptors (Lipinski definition) is 9. The number of imidazole rings is 1. The Morgan fingerprint density at radius 1 is 1.37 bits per heavy atom. The fourth-order valence-corrected chi connectivity index (χ4v) is 3.61. The number of nitrogens with zero attached hydrogens (tertiary/aromatic N) is 6. The van der Waals surface area contributed by atoms with Gasteiger partial charge in [-0.15, -0.1) is 0 Å². The molecule has 4 heterocycles. The topological polar surface area (TPSA) is 149 Å². The lowest BCUT2D eigenvalue weighted by Crippen LogP contribution is -2.39. The van der Waals surface area contributed by atoms with Crippen molar-refractivity contribution in [1.29, 1.82) is 0 Å². The fourth-order valence-electron chi connectivity index (χ4n) is 3.61. The number of rotatable bonds is 6. The van der Waals surface area contributed by atoms with E-state index in [1.807, 2.05) is 0 Å². The highest BCUT2D eigenvalue weighted by Gasteiger charge is 2.26. The van der Waals surface area contributed by atoms with E-state index in [9.17, 15) is 9.90 Å². The molecule has 2 aliphatic rings. The monoisotopic (exact) mass is 413 g/mol. The van der Waals surface area contributed by atoms with E-state index >= 15 is 0 Å². The zero-order valence-electron chi connectivity index (χ0n) is 16.5. The summed E-state index contributed by atoms with van der Waals surface area (Å²) in [7, 11) is 1.70. The standard InChI is InChI=1S/C18H23N9O3/c1-30-9-12-3-2-6-26(12)25-16-22-14-10(7-13-15(28)23-18(29)21-13)8-19-27(14)17(24-16)20-11-4-5-11/h7-8,11-12,28H,2-6,9H2,1H3,(H,20,24,25)(H2,21,23,29)/b10-7-/t12-/m1/s1. The van der Waals surface area contributed by atoms with Crippen LogP contribution in [-0.2, 0) is 4.74 Å². The molecular weight excluding hydrogens is 390 g/mol. The molecule has 1 aliphatic heterocycles. The van der Waals surface area contributed by atoms with Crippen LogP contribution in [0.3, 0.4) is 0 Å². The summed E-state index contributed by atoms with van der Waals surface area (Å²) in [4.78, 5) is 30.2. The number of anilines is 1. The molecule has 5 rings (SSSR count). The number of nitrogens with one attached hydrogen (secondary N) is 3. The SMILES string of the molecule is COC[C@H]1CCCN1Nc1nc(=NC2CC2)n2nc/c(=C/c3[nH]c(=O)[nH]c3O)c2n1. The Morgan fingerprint density at radius 2 is 2.23 bits per heavy atom. The lowest BCUT2D eigenvalue weighted by molar-refractivity contribution is 0.128. The van der Waals surface area contributed by atoms with Gasteiger partial charge in [0.05, 0.1) is 24.9 Å². The molecule has 3 aromatic rings. The van der Waals surface area contributed by atoms with Crippen LogP contribution in [0, 0.1) is 0 Å². The molecule has 4 N–H and O–H groups in total. The molecule has 0 aromatic carbocycles. The maximum Gasteiger partial charge on any atom is 0.326 e. The summed E-state index contributed by atoms with van der Waals surface area (Å²) in [5.74, 6) is 0.181. The summed E-state index contributed by atoms with van der Waals surface area (Å²) >= 11 is 0. The molecule has 1 saturated heterocycles. The average molecular weight is 413 g/mol. The smallest absolute Gasteiger partial charge is 0.326 e. The van der Waals surface area contributed by atoms with Gasteiger partial charge in [0.15, 0.2) is 5.65 Å². The predicted molar refractivity (Wildman–Crippen MR) is 106 cm³/mol. The zero-order valence-corrected chi connectivity index (χ0v) is 16.5. The predicted octanol–water partition coefficient (Wildman–Crippen LogP) is -1.11. The maximum atomic E-state index is 11.4. The van der Waals surface area contributed by atoms with Crippen LogP contribution < -0.4 is 22.0 Å². The summed E-state index contributed by atoms with van der Waals surface area (Å²) in [5, 5.41) is 17.0. The molecule has 1 aliphatic carbocycles. The Morgan fingerprint density at radius 3 is 2.97 bits per heavy atom. The molecule has 3 aromatic heterocycles. The molecule has 2 fully saturated rings. The van der Waals surface area contributed by atoms with Gasteiger partial charge < -0.3 is 14.8 Å². The van der Waals surface area contributed by atoms with Gasteiger partial charge in [-0.3, -0.25) is 10.4 Å². The van der Waals surface area contributed by atoms with Crippen molar-refractivity contribution in [3.8, 4) is 5.88 Å². The molecule has 1 saturated carbocycles. The summed E-state index contributed by atoms with van der Waals surface area (Å²) < 4.78 is 6.90. The maximum absolute atomic E-state index is 11.4. The van der Waals surface area contributed by atoms with Crippen molar-refractivity contribution in [2.75, 3.05) is 25.7 Å². The molecule has 30 heavy (non-hydrogen) atoms. The first kappa shape index (κ1) is 18.8. The molecule has 1 atom stereocenters. The van der Waals surface area contributed by atoms with Crippen LogP contribution in [0.4, 0.5) is 5.95 Å². The van der Waals surface area contributed by atoms with Gasteiger partial charge >= 0.3 is 5.69 Å². The number of fused-ring (bicyclic) bond motifs is 1. The lowest BCUT2D eigenvalue weighted by Gasteiger charge is -2.24. The van der Waals surface area contributed by atoms with Gasteiger partial charge in [-0.25, -0.2) is 14.8 Å². The lowest BCUT2D eigenvalue weighted by atomic mass is 10.2. The third-order valence-electron chi connectivity index (χ3n) is 5.24. The Labute approximate surface area is 170 Å². The number of methoxy groups -OCH3 is 1. The van der Waals surface area contributed by atoms with Gasteiger partial charge in [0.2, 0.25) is 11.8 Å². The molecule has 12 heteroatoms. The van der Waals surface area contributed by atoms with Crippen LogP contribution in [0.1, 0.15) is 31.4 Å². The van der Waals surface area contributed by atoms with Crippen molar-refractivity contribution in [2.24, 2.45) is 4.99 Å². The normalized spacial score (nSPS) is 21.2. The minimum atomic E-state index is -0.491. The molecule has 0 unspecified atom stereocenters. The van der Waals surface area contributed by atoms with Crippen LogP contribution in [0.25, 0.3) is 11.7 Å². The molecule has 0 radical (unpaired) electrons. The Bertz CT molecular complexity index is 1240. The van der Waals surface area contributed by atoms with E-state index in [4.69, 9.17) is 4.74 Å². The van der Waals surface area contributed by atoms with Crippen molar-refractivity contribution < 1.29 is 9.84 Å². The second-order valence-corrected chi connectivity index (χ2v) is 7.59. The summed E-state index contributed by atoms with van der Waals surface area (Å²) in [6.07, 6.45) is 7.39. The molecule has 0 amide bonds. The molecular formula is C18H23N9O3. The highest BCUT2D eigenvalue weighted by molar-refractivity contribution is 5.57. The van der Waals surface area contributed by atoms with E-state index in [1.54, 1.807) is 23.9 Å². The number of aromatic hydroxyl groups is 1. The number of hydrazine groups is 1. The van der Waals surface area contributed by atoms with Gasteiger partial charge in [-0.2, -0.15) is 19.6 Å². The van der Waals surface area contributed by atoms with E-state index in [-0.39, 0.29) is 23.7 Å². The van der Waals surface area contributed by atoms with Crippen molar-refractivity contribution in [1.82, 2.24) is 34.6 Å². The van der Waals surface area contributed by atoms with Crippen molar-refractivity contribution in [2.45, 2.75) is 37.8 Å². The Kier molecular flexibility index (Phi) is 4.71. The van der Waals surface area contributed by atoms with Crippen LogP contribution in [0.5, 0.6) is 5.88 Å². The van der Waals surface area contributed by atoms with E-state index in [0.717, 1.165) is 32.2 Å². The van der Waals surface area contributed by atoms with Crippen LogP contribution in [0.2, 0.25) is 0 Å². The van der Waals surface area contributed by atoms with E-state index in [0.29, 0.717) is 29.0 Å². The number of aromatic nitrogens is 6. The van der Waals surface area contributed by atoms with E-state index in [1.165, 1.54) is 0 Å². The number of ether oxygens (including phenoxy) is 1. The highest BCUT2D eigenvalue weighted by Crippen LogP contribution is 2.22. The van der Waals surface area contributed by atoms with Crippen molar-refractivity contribution in [3.05, 3.63) is 33.2 Å². The number of aromatic amines is 2. The third kappa shape index (κ3) is 3.66. The van der Waals surface area contributed by atoms with Gasteiger partial charge in [0.25, 0.3) is 5.62 Å². The summed E-state index contributed by atoms with van der Waals surface area (Å²) in [6.45, 7) is 1.49. The van der Waals surface area contributed by atoms with Gasteiger partial charge in [0.1, 0.15) is 5.69 Å². The first-order valence-electron chi connectivity index (χ1n) is 9.95. The molecule has 0 bridgehead atoms. The largest absolute Gasteiger partial charge is 0.493 e. The van der Waals surface area contributed by atoms with E-state index < -0.39 is 5.69 Å². The number of H-pyrrole nitrogens is 2. The molecule has 0 spiro atoms. The quantitative estimate of drug-likeness (QED) is 0.398. The highest BCUT2D eigenvalue weighted by atomic mass is 16.5. The Balaban J connectivity index is 1.60. The van der Waals surface area contributed by atoms with Crippen molar-refractivity contribution >= 4 is 17.7 Å². The third-order valence-corrected chi connectivity index (χ3v) is 5.24. The van der Waals surface area contributed by atoms with Crippen LogP contribution in [0.15, 0.2) is 16.0 Å². The van der Waals surface area contributed by atoms with Gasteiger partial charge in [-0.1, -0.05) is 0 Å². The molecule has 12 nitrogen and oxygen atoms in total. The van der Waals surface area contributed by atoms with E-state index in [2.05, 4.69) is 40.5 Å². The van der Waals surface area contributed by atoms with Crippen LogP contribution >= 0.6 is 0 Å². The fraction of sp³-hybridized carbons (Fsp3) is 0.500. The average Bonchev–Trinajstić information content (AvgIpc) is 3.12. The number of hydrogen-bond donors (Lipinski definition) is 4. The second kappa shape index (κ2) is 7.54. The van der Waals surface area contributed by atoms with Gasteiger partial charge in [0, 0.05) is 18.9 Å². The molecule has 158 valence electrons. The summed E-state index contributed by atoms with van der Waals surface area (Å²) in [6, 6.07) is 0.502. The Hall–Kier alpha value is -3.25. The first-order valence-corrected chi connectivity index (χ1v) is 9.95. The zero-order chi connectivity index (χ0) is 20.7. The van der Waals surface area contributed by atoms with Crippen LogP contribution in [-0.4, -0.2) is 72.0 Å². The van der Waals surface area contributed by atoms with Crippen molar-refractivity contribution in [3.63, 3.8) is 0 Å². The minimum absolute atomic E-state index is 0.242. The summed E-state index contributed by atoms with van der Waals surface area (Å²) in [5.41, 5.74) is 4.06. The first-order chi connectivity index (χ1) is 14.6. The van der Waals surface area contributed by atoms with Gasteiger partial charge in [-0.05, 0) is 31.8 Å².